The molecule has 0 unspecified atom stereocenters. The van der Waals surface area contributed by atoms with Crippen LogP contribution in [0.1, 0.15) is 11.1 Å². The maximum atomic E-state index is 5.56. The van der Waals surface area contributed by atoms with Crippen LogP contribution in [0.3, 0.4) is 0 Å². The molecule has 0 aliphatic heterocycles. The van der Waals surface area contributed by atoms with Gasteiger partial charge in [0.1, 0.15) is 5.75 Å². The minimum Gasteiger partial charge on any atom is -0.497 e. The van der Waals surface area contributed by atoms with E-state index >= 15 is 0 Å². The molecule has 0 atom stereocenters. The zero-order chi connectivity index (χ0) is 35.9. The fourth-order valence-electron chi connectivity index (χ4n) is 8.13. The number of ether oxygens (including phenoxy) is 1. The van der Waals surface area contributed by atoms with Gasteiger partial charge in [-0.2, -0.15) is 0 Å². The lowest BCUT2D eigenvalue weighted by molar-refractivity contribution is 0.415. The number of rotatable bonds is 7. The van der Waals surface area contributed by atoms with Gasteiger partial charge in [0.2, 0.25) is 0 Å². The molecule has 9 rings (SSSR count). The van der Waals surface area contributed by atoms with Crippen molar-refractivity contribution < 1.29 is 4.74 Å². The first kappa shape index (κ1) is 32.3. The summed E-state index contributed by atoms with van der Waals surface area (Å²) in [6, 6.07) is 66.2. The SMILES string of the molecule is COc1ccc(N(c2cc(C)cc(C)c2)c2ccc3c(c2)c2ccccc2c2c(-c4ccccc4)cc(-c4ccccc4)c(-c4ccccc4)c32)cc1. The van der Waals surface area contributed by atoms with Gasteiger partial charge in [0, 0.05) is 17.1 Å². The number of fused-ring (bicyclic) bond motifs is 6. The van der Waals surface area contributed by atoms with Crippen molar-refractivity contribution in [1.82, 2.24) is 0 Å². The summed E-state index contributed by atoms with van der Waals surface area (Å²) in [6.07, 6.45) is 0. The zero-order valence-corrected chi connectivity index (χ0v) is 30.2. The first-order chi connectivity index (χ1) is 26.1. The van der Waals surface area contributed by atoms with Crippen LogP contribution in [0.2, 0.25) is 0 Å². The topological polar surface area (TPSA) is 12.5 Å². The number of nitrogens with zero attached hydrogens (tertiary/aromatic N) is 1. The van der Waals surface area contributed by atoms with Crippen molar-refractivity contribution in [3.8, 4) is 39.1 Å². The molecule has 0 aromatic heterocycles. The molecule has 2 nitrogen and oxygen atoms in total. The highest BCUT2D eigenvalue weighted by atomic mass is 16.5. The molecule has 0 spiro atoms. The van der Waals surface area contributed by atoms with Gasteiger partial charge in [-0.1, -0.05) is 127 Å². The quantitative estimate of drug-likeness (QED) is 0.155. The molecule has 0 bridgehead atoms. The maximum Gasteiger partial charge on any atom is 0.119 e. The molecule has 0 aliphatic carbocycles. The molecule has 0 saturated heterocycles. The first-order valence-corrected chi connectivity index (χ1v) is 18.2. The smallest absolute Gasteiger partial charge is 0.119 e. The van der Waals surface area contributed by atoms with Crippen LogP contribution in [0, 0.1) is 13.8 Å². The lowest BCUT2D eigenvalue weighted by atomic mass is 9.81. The molecule has 0 fully saturated rings. The Morgan fingerprint density at radius 2 is 0.906 bits per heavy atom. The van der Waals surface area contributed by atoms with E-state index in [1.807, 2.05) is 12.1 Å². The molecule has 2 heteroatoms. The lowest BCUT2D eigenvalue weighted by Crippen LogP contribution is -2.10. The van der Waals surface area contributed by atoms with Gasteiger partial charge in [-0.15, -0.1) is 0 Å². The predicted molar refractivity (Wildman–Crippen MR) is 226 cm³/mol. The Bertz CT molecular complexity index is 2730. The fraction of sp³-hybridized carbons (Fsp3) is 0.0588. The van der Waals surface area contributed by atoms with E-state index in [0.29, 0.717) is 0 Å². The summed E-state index contributed by atoms with van der Waals surface area (Å²) >= 11 is 0. The molecule has 254 valence electrons. The van der Waals surface area contributed by atoms with Crippen LogP contribution in [0.25, 0.3) is 65.7 Å². The van der Waals surface area contributed by atoms with E-state index in [-0.39, 0.29) is 0 Å². The van der Waals surface area contributed by atoms with Gasteiger partial charge in [0.25, 0.3) is 0 Å². The van der Waals surface area contributed by atoms with Gasteiger partial charge in [-0.05, 0) is 145 Å². The third-order valence-corrected chi connectivity index (χ3v) is 10.4. The van der Waals surface area contributed by atoms with E-state index < -0.39 is 0 Å². The summed E-state index contributed by atoms with van der Waals surface area (Å²) in [5.41, 5.74) is 13.1. The second-order valence-corrected chi connectivity index (χ2v) is 13.8. The largest absolute Gasteiger partial charge is 0.497 e. The first-order valence-electron chi connectivity index (χ1n) is 18.2. The van der Waals surface area contributed by atoms with E-state index in [1.165, 1.54) is 76.8 Å². The van der Waals surface area contributed by atoms with Gasteiger partial charge in [0.15, 0.2) is 0 Å². The van der Waals surface area contributed by atoms with E-state index in [0.717, 1.165) is 22.8 Å². The summed E-state index contributed by atoms with van der Waals surface area (Å²) in [4.78, 5) is 2.37. The second kappa shape index (κ2) is 13.5. The maximum absolute atomic E-state index is 5.56. The molecular formula is C51H39NO. The Morgan fingerprint density at radius 3 is 1.53 bits per heavy atom. The van der Waals surface area contributed by atoms with E-state index in [2.05, 4.69) is 189 Å². The van der Waals surface area contributed by atoms with Crippen molar-refractivity contribution in [2.45, 2.75) is 13.8 Å². The Morgan fingerprint density at radius 1 is 0.377 bits per heavy atom. The zero-order valence-electron chi connectivity index (χ0n) is 30.2. The molecule has 0 amide bonds. The molecule has 0 N–H and O–H groups in total. The van der Waals surface area contributed by atoms with Crippen LogP contribution in [0.4, 0.5) is 17.1 Å². The minimum atomic E-state index is 0.835. The lowest BCUT2D eigenvalue weighted by Gasteiger charge is -2.27. The molecule has 9 aromatic carbocycles. The van der Waals surface area contributed by atoms with E-state index in [4.69, 9.17) is 4.74 Å². The molecule has 9 aromatic rings. The number of hydrogen-bond donors (Lipinski definition) is 0. The summed E-state index contributed by atoms with van der Waals surface area (Å²) < 4.78 is 5.56. The molecule has 0 radical (unpaired) electrons. The number of anilines is 3. The monoisotopic (exact) mass is 681 g/mol. The average Bonchev–Trinajstić information content (AvgIpc) is 3.21. The summed E-state index contributed by atoms with van der Waals surface area (Å²) in [7, 11) is 1.71. The van der Waals surface area contributed by atoms with Crippen molar-refractivity contribution in [3.63, 3.8) is 0 Å². The van der Waals surface area contributed by atoms with Gasteiger partial charge in [0.05, 0.1) is 7.11 Å². The van der Waals surface area contributed by atoms with Crippen LogP contribution in [-0.2, 0) is 0 Å². The number of benzene rings is 9. The van der Waals surface area contributed by atoms with Crippen LogP contribution >= 0.6 is 0 Å². The molecule has 0 saturated carbocycles. The number of methoxy groups -OCH3 is 1. The molecule has 0 aliphatic rings. The van der Waals surface area contributed by atoms with Crippen LogP contribution < -0.4 is 9.64 Å². The standard InChI is InChI=1S/C51H39NO/c1-34-29-35(2)31-41(30-34)52(39-23-26-42(53-3)27-24-39)40-25-28-45-48(32-40)43-21-13-14-22-44(43)50-47(37-17-9-5-10-18-37)33-46(36-15-7-4-8-16-36)49(51(45)50)38-19-11-6-12-20-38/h4-33H,1-3H3. The minimum absolute atomic E-state index is 0.835. The van der Waals surface area contributed by atoms with Crippen LogP contribution in [0.5, 0.6) is 5.75 Å². The van der Waals surface area contributed by atoms with Crippen molar-refractivity contribution in [3.05, 3.63) is 193 Å². The number of aryl methyl sites for hydroxylation is 2. The third kappa shape index (κ3) is 5.79. The van der Waals surface area contributed by atoms with Crippen molar-refractivity contribution in [1.29, 1.82) is 0 Å². The summed E-state index contributed by atoms with van der Waals surface area (Å²) in [6.45, 7) is 4.34. The highest BCUT2D eigenvalue weighted by Gasteiger charge is 2.23. The van der Waals surface area contributed by atoms with E-state index in [9.17, 15) is 0 Å². The predicted octanol–water partition coefficient (Wildman–Crippen LogP) is 14.2. The normalized spacial score (nSPS) is 11.3. The Labute approximate surface area is 311 Å². The highest BCUT2D eigenvalue weighted by Crippen LogP contribution is 2.50. The molecule has 0 heterocycles. The average molecular weight is 682 g/mol. The Hall–Kier alpha value is -6.64. The van der Waals surface area contributed by atoms with Crippen molar-refractivity contribution in [2.24, 2.45) is 0 Å². The van der Waals surface area contributed by atoms with Gasteiger partial charge in [-0.3, -0.25) is 0 Å². The third-order valence-electron chi connectivity index (χ3n) is 10.4. The van der Waals surface area contributed by atoms with Crippen LogP contribution in [0.15, 0.2) is 182 Å². The Balaban J connectivity index is 1.44. The second-order valence-electron chi connectivity index (χ2n) is 13.8. The van der Waals surface area contributed by atoms with Gasteiger partial charge in [-0.25, -0.2) is 0 Å². The van der Waals surface area contributed by atoms with E-state index in [1.54, 1.807) is 7.11 Å². The highest BCUT2D eigenvalue weighted by molar-refractivity contribution is 6.33. The molecule has 53 heavy (non-hydrogen) atoms. The summed E-state index contributed by atoms with van der Waals surface area (Å²) in [5.74, 6) is 0.835. The Kier molecular flexibility index (Phi) is 8.21. The van der Waals surface area contributed by atoms with Gasteiger partial charge < -0.3 is 9.64 Å². The number of hydrogen-bond acceptors (Lipinski definition) is 2. The van der Waals surface area contributed by atoms with Crippen molar-refractivity contribution >= 4 is 49.4 Å². The van der Waals surface area contributed by atoms with Gasteiger partial charge >= 0.3 is 0 Å². The molecular weight excluding hydrogens is 643 g/mol. The van der Waals surface area contributed by atoms with Crippen molar-refractivity contribution in [2.75, 3.05) is 12.0 Å². The van der Waals surface area contributed by atoms with Crippen LogP contribution in [-0.4, -0.2) is 7.11 Å². The summed E-state index contributed by atoms with van der Waals surface area (Å²) in [5, 5.41) is 7.45. The fourth-order valence-corrected chi connectivity index (χ4v) is 8.13.